The Balaban J connectivity index is 1.44. The van der Waals surface area contributed by atoms with E-state index in [4.69, 9.17) is 9.72 Å². The van der Waals surface area contributed by atoms with Crippen LogP contribution in [0.1, 0.15) is 25.1 Å². The van der Waals surface area contributed by atoms with E-state index in [-0.39, 0.29) is 0 Å². The second kappa shape index (κ2) is 6.99. The average molecular weight is 314 g/mol. The number of imidazole rings is 1. The Morgan fingerprint density at radius 2 is 2.00 bits per heavy atom. The van der Waals surface area contributed by atoms with Gasteiger partial charge in [0.25, 0.3) is 0 Å². The van der Waals surface area contributed by atoms with E-state index in [1.807, 2.05) is 0 Å². The summed E-state index contributed by atoms with van der Waals surface area (Å²) < 4.78 is 5.47. The maximum atomic E-state index is 5.47. The number of H-pyrrole nitrogens is 1. The van der Waals surface area contributed by atoms with Crippen LogP contribution >= 0.6 is 0 Å². The van der Waals surface area contributed by atoms with Crippen LogP contribution in [0.2, 0.25) is 0 Å². The Morgan fingerprint density at radius 1 is 1.13 bits per heavy atom. The van der Waals surface area contributed by atoms with Crippen molar-refractivity contribution < 1.29 is 4.74 Å². The third-order valence-corrected chi connectivity index (χ3v) is 5.11. The molecule has 0 saturated carbocycles. The Labute approximate surface area is 137 Å². The Hall–Kier alpha value is -1.43. The molecule has 124 valence electrons. The number of hydrogen-bond acceptors (Lipinski definition) is 4. The molecule has 0 spiro atoms. The molecular weight excluding hydrogens is 288 g/mol. The zero-order valence-corrected chi connectivity index (χ0v) is 13.7. The fourth-order valence-electron chi connectivity index (χ4n) is 3.83. The van der Waals surface area contributed by atoms with Gasteiger partial charge in [-0.15, -0.1) is 0 Å². The SMILES string of the molecule is c1ccc2[nH]c(CN3CCCC[C@@H]3CN3CCOCC3)nc2c1. The van der Waals surface area contributed by atoms with E-state index in [2.05, 4.69) is 39.0 Å². The molecule has 0 aliphatic carbocycles. The van der Waals surface area contributed by atoms with Gasteiger partial charge in [0.05, 0.1) is 30.8 Å². The summed E-state index contributed by atoms with van der Waals surface area (Å²) in [5.74, 6) is 1.10. The van der Waals surface area contributed by atoms with Crippen molar-refractivity contribution in [3.63, 3.8) is 0 Å². The lowest BCUT2D eigenvalue weighted by Gasteiger charge is -2.39. The minimum atomic E-state index is 0.648. The van der Waals surface area contributed by atoms with Crippen molar-refractivity contribution in [2.24, 2.45) is 0 Å². The first-order chi connectivity index (χ1) is 11.4. The summed E-state index contributed by atoms with van der Waals surface area (Å²) in [4.78, 5) is 13.4. The molecule has 2 aromatic rings. The Morgan fingerprint density at radius 3 is 2.87 bits per heavy atom. The first-order valence-corrected chi connectivity index (χ1v) is 8.86. The normalized spacial score (nSPS) is 24.3. The zero-order chi connectivity index (χ0) is 15.5. The number of nitrogens with one attached hydrogen (secondary N) is 1. The number of hydrogen-bond donors (Lipinski definition) is 1. The van der Waals surface area contributed by atoms with Crippen molar-refractivity contribution in [2.45, 2.75) is 31.8 Å². The molecule has 2 fully saturated rings. The summed E-state index contributed by atoms with van der Waals surface area (Å²) in [6.07, 6.45) is 3.96. The highest BCUT2D eigenvalue weighted by atomic mass is 16.5. The third kappa shape index (κ3) is 3.57. The number of morpholine rings is 1. The van der Waals surface area contributed by atoms with E-state index < -0.39 is 0 Å². The minimum absolute atomic E-state index is 0.648. The molecule has 0 radical (unpaired) electrons. The van der Waals surface area contributed by atoms with Gasteiger partial charge in [0, 0.05) is 25.7 Å². The Bertz CT molecular complexity index is 602. The van der Waals surface area contributed by atoms with Crippen LogP contribution in [0.5, 0.6) is 0 Å². The molecule has 3 heterocycles. The highest BCUT2D eigenvalue weighted by Gasteiger charge is 2.26. The number of rotatable bonds is 4. The van der Waals surface area contributed by atoms with Crippen molar-refractivity contribution in [3.8, 4) is 0 Å². The molecule has 5 heteroatoms. The average Bonchev–Trinajstić information content (AvgIpc) is 3.00. The summed E-state index contributed by atoms with van der Waals surface area (Å²) in [7, 11) is 0. The Kier molecular flexibility index (Phi) is 4.60. The maximum absolute atomic E-state index is 5.47. The molecule has 1 atom stereocenters. The summed E-state index contributed by atoms with van der Waals surface area (Å²) >= 11 is 0. The lowest BCUT2D eigenvalue weighted by atomic mass is 10.0. The second-order valence-corrected chi connectivity index (χ2v) is 6.73. The van der Waals surface area contributed by atoms with Crippen molar-refractivity contribution in [1.29, 1.82) is 0 Å². The molecule has 1 aromatic heterocycles. The van der Waals surface area contributed by atoms with Crippen molar-refractivity contribution in [3.05, 3.63) is 30.1 Å². The van der Waals surface area contributed by atoms with E-state index in [0.717, 1.165) is 49.7 Å². The number of piperidine rings is 1. The van der Waals surface area contributed by atoms with Gasteiger partial charge in [0.2, 0.25) is 0 Å². The molecular formula is C18H26N4O. The van der Waals surface area contributed by atoms with Gasteiger partial charge in [-0.3, -0.25) is 9.80 Å². The predicted molar refractivity (Wildman–Crippen MR) is 91.4 cm³/mol. The smallest absolute Gasteiger partial charge is 0.121 e. The second-order valence-electron chi connectivity index (χ2n) is 6.73. The molecule has 1 N–H and O–H groups in total. The molecule has 2 aliphatic rings. The van der Waals surface area contributed by atoms with Crippen LogP contribution in [-0.2, 0) is 11.3 Å². The van der Waals surface area contributed by atoms with Crippen molar-refractivity contribution in [2.75, 3.05) is 39.4 Å². The number of para-hydroxylation sites is 2. The predicted octanol–water partition coefficient (Wildman–Crippen LogP) is 2.25. The van der Waals surface area contributed by atoms with Crippen LogP contribution in [0.4, 0.5) is 0 Å². The highest BCUT2D eigenvalue weighted by molar-refractivity contribution is 5.74. The fourth-order valence-corrected chi connectivity index (χ4v) is 3.83. The van der Waals surface area contributed by atoms with E-state index in [9.17, 15) is 0 Å². The monoisotopic (exact) mass is 314 g/mol. The maximum Gasteiger partial charge on any atom is 0.121 e. The first kappa shape index (κ1) is 15.1. The van der Waals surface area contributed by atoms with Gasteiger partial charge in [-0.05, 0) is 31.5 Å². The van der Waals surface area contributed by atoms with Gasteiger partial charge in [-0.25, -0.2) is 4.98 Å². The standard InChI is InChI=1S/C18H26N4O/c1-2-7-17-16(6-1)19-18(20-17)14-22-8-4-3-5-15(22)13-21-9-11-23-12-10-21/h1-2,6-7,15H,3-5,8-14H2,(H,19,20)/t15-/m1/s1. The lowest BCUT2D eigenvalue weighted by Crippen LogP contribution is -2.49. The van der Waals surface area contributed by atoms with Gasteiger partial charge in [0.1, 0.15) is 5.82 Å². The summed E-state index contributed by atoms with van der Waals surface area (Å²) in [5.41, 5.74) is 2.22. The van der Waals surface area contributed by atoms with Crippen LogP contribution in [0.15, 0.2) is 24.3 Å². The molecule has 1 aromatic carbocycles. The van der Waals surface area contributed by atoms with Crippen LogP contribution in [0, 0.1) is 0 Å². The van der Waals surface area contributed by atoms with Gasteiger partial charge in [0.15, 0.2) is 0 Å². The summed E-state index contributed by atoms with van der Waals surface area (Å²) in [6, 6.07) is 8.95. The number of aromatic nitrogens is 2. The molecule has 0 amide bonds. The lowest BCUT2D eigenvalue weighted by molar-refractivity contribution is 0.0149. The summed E-state index contributed by atoms with van der Waals surface area (Å²) in [5, 5.41) is 0. The van der Waals surface area contributed by atoms with E-state index in [0.29, 0.717) is 6.04 Å². The van der Waals surface area contributed by atoms with Gasteiger partial charge >= 0.3 is 0 Å². The molecule has 4 rings (SSSR count). The minimum Gasteiger partial charge on any atom is -0.379 e. The molecule has 5 nitrogen and oxygen atoms in total. The van der Waals surface area contributed by atoms with Gasteiger partial charge < -0.3 is 9.72 Å². The van der Waals surface area contributed by atoms with Crippen molar-refractivity contribution in [1.82, 2.24) is 19.8 Å². The number of ether oxygens (including phenoxy) is 1. The fraction of sp³-hybridized carbons (Fsp3) is 0.611. The van der Waals surface area contributed by atoms with E-state index in [1.54, 1.807) is 0 Å². The number of nitrogens with zero attached hydrogens (tertiary/aromatic N) is 3. The highest BCUT2D eigenvalue weighted by Crippen LogP contribution is 2.21. The first-order valence-electron chi connectivity index (χ1n) is 8.86. The summed E-state index contributed by atoms with van der Waals surface area (Å²) in [6.45, 7) is 7.22. The third-order valence-electron chi connectivity index (χ3n) is 5.11. The molecule has 0 bridgehead atoms. The number of benzene rings is 1. The largest absolute Gasteiger partial charge is 0.379 e. The van der Waals surface area contributed by atoms with E-state index in [1.165, 1.54) is 32.4 Å². The number of likely N-dealkylation sites (tertiary alicyclic amines) is 1. The number of aromatic amines is 1. The van der Waals surface area contributed by atoms with Crippen LogP contribution < -0.4 is 0 Å². The zero-order valence-electron chi connectivity index (χ0n) is 13.7. The molecule has 0 unspecified atom stereocenters. The molecule has 2 saturated heterocycles. The van der Waals surface area contributed by atoms with Crippen LogP contribution in [-0.4, -0.2) is 65.2 Å². The van der Waals surface area contributed by atoms with Gasteiger partial charge in [-0.2, -0.15) is 0 Å². The van der Waals surface area contributed by atoms with E-state index >= 15 is 0 Å². The quantitative estimate of drug-likeness (QED) is 0.940. The molecule has 23 heavy (non-hydrogen) atoms. The van der Waals surface area contributed by atoms with Crippen molar-refractivity contribution >= 4 is 11.0 Å². The molecule has 2 aliphatic heterocycles. The topological polar surface area (TPSA) is 44.4 Å². The van der Waals surface area contributed by atoms with Gasteiger partial charge in [-0.1, -0.05) is 18.6 Å². The van der Waals surface area contributed by atoms with Crippen LogP contribution in [0.3, 0.4) is 0 Å². The van der Waals surface area contributed by atoms with Crippen LogP contribution in [0.25, 0.3) is 11.0 Å². The number of fused-ring (bicyclic) bond motifs is 1.